The highest BCUT2D eigenvalue weighted by molar-refractivity contribution is 7.89. The number of nitrogens with zero attached hydrogens (tertiary/aromatic N) is 1. The molecule has 0 aliphatic carbocycles. The lowest BCUT2D eigenvalue weighted by Gasteiger charge is -2.32. The highest BCUT2D eigenvalue weighted by Gasteiger charge is 2.36. The number of primary sulfonamides is 1. The average molecular weight is 434 g/mol. The van der Waals surface area contributed by atoms with Gasteiger partial charge in [-0.1, -0.05) is 6.07 Å². The van der Waals surface area contributed by atoms with E-state index < -0.39 is 26.7 Å². The molecule has 2 heterocycles. The standard InChI is InChI=1S/C18H22F3N3O2S2/c19-18(20,21)16-10-14(3-4-17(16)28(22,25)26)23-11-13-5-7-24(8-6-13)12-15-2-1-9-27-15/h1-4,9-10,13,23H,5-8,11-12H2,(H2,22,25,26). The van der Waals surface area contributed by atoms with Crippen molar-refractivity contribution in [1.82, 2.24) is 4.90 Å². The van der Waals surface area contributed by atoms with Gasteiger partial charge in [-0.15, -0.1) is 11.3 Å². The van der Waals surface area contributed by atoms with Crippen molar-refractivity contribution in [3.63, 3.8) is 0 Å². The predicted octanol–water partition coefficient (Wildman–Crippen LogP) is 3.74. The lowest BCUT2D eigenvalue weighted by molar-refractivity contribution is -0.139. The van der Waals surface area contributed by atoms with E-state index in [9.17, 15) is 21.6 Å². The van der Waals surface area contributed by atoms with Crippen molar-refractivity contribution < 1.29 is 21.6 Å². The minimum Gasteiger partial charge on any atom is -0.385 e. The third-order valence-corrected chi connectivity index (χ3v) is 6.68. The minimum atomic E-state index is -4.80. The molecule has 2 aromatic rings. The molecule has 1 aromatic carbocycles. The monoisotopic (exact) mass is 433 g/mol. The van der Waals surface area contributed by atoms with Crippen molar-refractivity contribution in [2.24, 2.45) is 11.1 Å². The second-order valence-corrected chi connectivity index (χ2v) is 9.50. The summed E-state index contributed by atoms with van der Waals surface area (Å²) in [7, 11) is -4.45. The Bertz CT molecular complexity index is 891. The Morgan fingerprint density at radius 1 is 1.21 bits per heavy atom. The van der Waals surface area contributed by atoms with Crippen LogP contribution in [0.15, 0.2) is 40.6 Å². The fourth-order valence-corrected chi connectivity index (χ4v) is 4.83. The van der Waals surface area contributed by atoms with Gasteiger partial charge in [-0.2, -0.15) is 13.2 Å². The van der Waals surface area contributed by atoms with Crippen molar-refractivity contribution >= 4 is 27.0 Å². The Morgan fingerprint density at radius 2 is 1.93 bits per heavy atom. The highest BCUT2D eigenvalue weighted by atomic mass is 32.2. The largest absolute Gasteiger partial charge is 0.417 e. The Balaban J connectivity index is 1.58. The Labute approximate surface area is 166 Å². The number of hydrogen-bond acceptors (Lipinski definition) is 5. The highest BCUT2D eigenvalue weighted by Crippen LogP contribution is 2.35. The maximum Gasteiger partial charge on any atom is 0.417 e. The third-order valence-electron chi connectivity index (χ3n) is 4.85. The first kappa shape index (κ1) is 21.1. The zero-order valence-corrected chi connectivity index (χ0v) is 16.7. The summed E-state index contributed by atoms with van der Waals surface area (Å²) in [6.45, 7) is 3.37. The zero-order chi connectivity index (χ0) is 20.4. The van der Waals surface area contributed by atoms with Crippen molar-refractivity contribution in [2.75, 3.05) is 25.0 Å². The van der Waals surface area contributed by atoms with Crippen molar-refractivity contribution in [2.45, 2.75) is 30.5 Å². The summed E-state index contributed by atoms with van der Waals surface area (Å²) < 4.78 is 62.4. The lowest BCUT2D eigenvalue weighted by Crippen LogP contribution is -2.35. The molecular weight excluding hydrogens is 411 g/mol. The van der Waals surface area contributed by atoms with Gasteiger partial charge in [-0.05, 0) is 61.5 Å². The van der Waals surface area contributed by atoms with Gasteiger partial charge in [-0.25, -0.2) is 13.6 Å². The Morgan fingerprint density at radius 3 is 2.50 bits per heavy atom. The molecule has 10 heteroatoms. The Kier molecular flexibility index (Phi) is 6.33. The van der Waals surface area contributed by atoms with Gasteiger partial charge in [0.2, 0.25) is 10.0 Å². The van der Waals surface area contributed by atoms with Crippen molar-refractivity contribution in [3.05, 3.63) is 46.2 Å². The van der Waals surface area contributed by atoms with E-state index in [1.165, 1.54) is 10.9 Å². The number of nitrogens with two attached hydrogens (primary N) is 1. The third kappa shape index (κ3) is 5.47. The van der Waals surface area contributed by atoms with Crippen LogP contribution in [0.5, 0.6) is 0 Å². The predicted molar refractivity (Wildman–Crippen MR) is 104 cm³/mol. The molecule has 0 saturated carbocycles. The number of alkyl halides is 3. The quantitative estimate of drug-likeness (QED) is 0.728. The van der Waals surface area contributed by atoms with E-state index in [0.29, 0.717) is 12.5 Å². The number of hydrogen-bond donors (Lipinski definition) is 2. The molecule has 28 heavy (non-hydrogen) atoms. The summed E-state index contributed by atoms with van der Waals surface area (Å²) in [4.78, 5) is 2.80. The van der Waals surface area contributed by atoms with E-state index in [4.69, 9.17) is 5.14 Å². The van der Waals surface area contributed by atoms with Crippen LogP contribution >= 0.6 is 11.3 Å². The van der Waals surface area contributed by atoms with E-state index in [0.717, 1.165) is 44.6 Å². The van der Waals surface area contributed by atoms with Gasteiger partial charge < -0.3 is 5.32 Å². The molecule has 3 N–H and O–H groups in total. The van der Waals surface area contributed by atoms with Gasteiger partial charge in [0.05, 0.1) is 10.5 Å². The molecule has 1 saturated heterocycles. The molecule has 154 valence electrons. The summed E-state index contributed by atoms with van der Waals surface area (Å²) in [5, 5.41) is 9.98. The van der Waals surface area contributed by atoms with E-state index in [1.54, 1.807) is 11.3 Å². The SMILES string of the molecule is NS(=O)(=O)c1ccc(NCC2CCN(Cc3cccs3)CC2)cc1C(F)(F)F. The maximum absolute atomic E-state index is 13.2. The number of likely N-dealkylation sites (tertiary alicyclic amines) is 1. The lowest BCUT2D eigenvalue weighted by atomic mass is 9.96. The van der Waals surface area contributed by atoms with Crippen molar-refractivity contribution in [1.29, 1.82) is 0 Å². The topological polar surface area (TPSA) is 75.4 Å². The number of thiophene rings is 1. The summed E-state index contributed by atoms with van der Waals surface area (Å²) >= 11 is 1.73. The van der Waals surface area contributed by atoms with Crippen LogP contribution in [0.3, 0.4) is 0 Å². The molecule has 3 rings (SSSR count). The van der Waals surface area contributed by atoms with Crippen molar-refractivity contribution in [3.8, 4) is 0 Å². The van der Waals surface area contributed by atoms with Crippen LogP contribution in [-0.2, 0) is 22.7 Å². The number of rotatable bonds is 6. The zero-order valence-electron chi connectivity index (χ0n) is 15.1. The molecular formula is C18H22F3N3O2S2. The van der Waals surface area contributed by atoms with Crippen LogP contribution in [0.2, 0.25) is 0 Å². The summed E-state index contributed by atoms with van der Waals surface area (Å²) in [5.41, 5.74) is -1.01. The van der Waals surface area contributed by atoms with Gasteiger partial charge in [0.15, 0.2) is 0 Å². The second kappa shape index (κ2) is 8.40. The number of sulfonamides is 1. The maximum atomic E-state index is 13.2. The Hall–Kier alpha value is -1.62. The first-order valence-corrected chi connectivity index (χ1v) is 11.3. The summed E-state index contributed by atoms with van der Waals surface area (Å²) in [6.07, 6.45) is -2.88. The molecule has 0 bridgehead atoms. The van der Waals surface area contributed by atoms with Crippen LogP contribution < -0.4 is 10.5 Å². The number of anilines is 1. The van der Waals surface area contributed by atoms with Crippen LogP contribution in [0.1, 0.15) is 23.3 Å². The molecule has 1 aliphatic heterocycles. The molecule has 0 spiro atoms. The summed E-state index contributed by atoms with van der Waals surface area (Å²) in [5.74, 6) is 0.354. The van der Waals surface area contributed by atoms with E-state index in [-0.39, 0.29) is 5.69 Å². The van der Waals surface area contributed by atoms with Crippen LogP contribution in [0.25, 0.3) is 0 Å². The van der Waals surface area contributed by atoms with Gasteiger partial charge in [-0.3, -0.25) is 4.90 Å². The number of benzene rings is 1. The molecule has 1 fully saturated rings. The first-order valence-electron chi connectivity index (χ1n) is 8.85. The number of halogens is 3. The van der Waals surface area contributed by atoms with Crippen LogP contribution in [0.4, 0.5) is 18.9 Å². The fraction of sp³-hybridized carbons (Fsp3) is 0.444. The molecule has 1 aliphatic rings. The molecule has 0 atom stereocenters. The molecule has 0 unspecified atom stereocenters. The van der Waals surface area contributed by atoms with Crippen LogP contribution in [-0.4, -0.2) is 33.0 Å². The smallest absolute Gasteiger partial charge is 0.385 e. The minimum absolute atomic E-state index is 0.237. The number of nitrogens with one attached hydrogen (secondary N) is 1. The summed E-state index contributed by atoms with van der Waals surface area (Å²) in [6, 6.07) is 7.19. The van der Waals surface area contributed by atoms with E-state index in [2.05, 4.69) is 21.7 Å². The molecule has 0 amide bonds. The second-order valence-electron chi connectivity index (χ2n) is 6.93. The molecule has 1 aromatic heterocycles. The first-order chi connectivity index (χ1) is 13.1. The van der Waals surface area contributed by atoms with Gasteiger partial charge >= 0.3 is 6.18 Å². The van der Waals surface area contributed by atoms with E-state index >= 15 is 0 Å². The van der Waals surface area contributed by atoms with E-state index in [1.807, 2.05) is 6.07 Å². The van der Waals surface area contributed by atoms with Gasteiger partial charge in [0.1, 0.15) is 0 Å². The normalized spacial score (nSPS) is 17.0. The van der Waals surface area contributed by atoms with Gasteiger partial charge in [0, 0.05) is 23.7 Å². The molecule has 5 nitrogen and oxygen atoms in total. The van der Waals surface area contributed by atoms with Crippen LogP contribution in [0, 0.1) is 5.92 Å². The molecule has 0 radical (unpaired) electrons. The fourth-order valence-electron chi connectivity index (χ4n) is 3.34. The van der Waals surface area contributed by atoms with Gasteiger partial charge in [0.25, 0.3) is 0 Å². The number of piperidine rings is 1. The average Bonchev–Trinajstić information content (AvgIpc) is 3.12.